The minimum Gasteiger partial charge on any atom is -0.423 e. The predicted octanol–water partition coefficient (Wildman–Crippen LogP) is 0.816. The molecule has 0 amide bonds. The number of benzene rings is 1. The molecule has 0 atom stereocenters. The molecule has 0 fully saturated rings. The molecule has 8 heteroatoms. The molecule has 1 rings (SSSR count). The summed E-state index contributed by atoms with van der Waals surface area (Å²) in [7, 11) is -2.04. The zero-order valence-corrected chi connectivity index (χ0v) is 9.31. The third kappa shape index (κ3) is 3.58. The first kappa shape index (κ1) is 14.8. The van der Waals surface area contributed by atoms with E-state index >= 15 is 0 Å². The molecular formula is C11H6BF3N2O2. The van der Waals surface area contributed by atoms with E-state index < -0.39 is 30.0 Å². The van der Waals surface area contributed by atoms with Crippen LogP contribution in [0.3, 0.4) is 0 Å². The highest BCUT2D eigenvalue weighted by Crippen LogP contribution is 2.32. The number of allylic oxidation sites excluding steroid dienone is 1. The predicted molar refractivity (Wildman–Crippen MR) is 60.5 cm³/mol. The topological polar surface area (TPSA) is 88.0 Å². The monoisotopic (exact) mass is 266 g/mol. The Labute approximate surface area is 106 Å². The molecule has 0 unspecified atom stereocenters. The van der Waals surface area contributed by atoms with E-state index in [4.69, 9.17) is 20.6 Å². The molecule has 19 heavy (non-hydrogen) atoms. The van der Waals surface area contributed by atoms with Gasteiger partial charge in [0.1, 0.15) is 17.7 Å². The van der Waals surface area contributed by atoms with Crippen molar-refractivity contribution in [2.45, 2.75) is 6.18 Å². The molecule has 0 aliphatic carbocycles. The van der Waals surface area contributed by atoms with Crippen molar-refractivity contribution in [3.63, 3.8) is 0 Å². The van der Waals surface area contributed by atoms with E-state index in [1.54, 1.807) is 0 Å². The Morgan fingerprint density at radius 2 is 1.79 bits per heavy atom. The number of hydrogen-bond donors (Lipinski definition) is 2. The van der Waals surface area contributed by atoms with Crippen molar-refractivity contribution in [2.24, 2.45) is 0 Å². The van der Waals surface area contributed by atoms with Crippen molar-refractivity contribution in [2.75, 3.05) is 0 Å². The highest BCUT2D eigenvalue weighted by Gasteiger charge is 2.34. The normalized spacial score (nSPS) is 10.3. The first-order valence-corrected chi connectivity index (χ1v) is 4.88. The van der Waals surface area contributed by atoms with Gasteiger partial charge in [0.2, 0.25) is 0 Å². The Kier molecular flexibility index (Phi) is 4.33. The van der Waals surface area contributed by atoms with Gasteiger partial charge in [-0.05, 0) is 23.2 Å². The molecule has 2 N–H and O–H groups in total. The molecule has 0 radical (unpaired) electrons. The maximum atomic E-state index is 12.8. The van der Waals surface area contributed by atoms with E-state index in [1.165, 1.54) is 12.1 Å². The molecule has 0 bridgehead atoms. The molecule has 0 heterocycles. The largest absolute Gasteiger partial charge is 0.488 e. The van der Waals surface area contributed by atoms with Crippen molar-refractivity contribution in [1.29, 1.82) is 10.5 Å². The van der Waals surface area contributed by atoms with Crippen molar-refractivity contribution in [1.82, 2.24) is 0 Å². The average Bonchev–Trinajstić information content (AvgIpc) is 2.34. The number of hydrogen-bond acceptors (Lipinski definition) is 4. The standard InChI is InChI=1S/C11H6BF3N2O2/c13-11(14,15)10-4-9(12(18)19)2-1-8(10)3-7(5-16)6-17/h1-4,18-19H. The summed E-state index contributed by atoms with van der Waals surface area (Å²) in [4.78, 5) is 0. The summed E-state index contributed by atoms with van der Waals surface area (Å²) in [5, 5.41) is 34.7. The summed E-state index contributed by atoms with van der Waals surface area (Å²) < 4.78 is 38.4. The van der Waals surface area contributed by atoms with E-state index in [9.17, 15) is 13.2 Å². The fourth-order valence-corrected chi connectivity index (χ4v) is 1.35. The van der Waals surface area contributed by atoms with Crippen LogP contribution in [0.25, 0.3) is 6.08 Å². The third-order valence-corrected chi connectivity index (χ3v) is 2.22. The van der Waals surface area contributed by atoms with Crippen molar-refractivity contribution >= 4 is 18.7 Å². The van der Waals surface area contributed by atoms with Gasteiger partial charge in [0.05, 0.1) is 5.56 Å². The highest BCUT2D eigenvalue weighted by atomic mass is 19.4. The van der Waals surface area contributed by atoms with Crippen LogP contribution in [0.1, 0.15) is 11.1 Å². The Morgan fingerprint density at radius 3 is 2.21 bits per heavy atom. The van der Waals surface area contributed by atoms with E-state index in [0.29, 0.717) is 6.07 Å². The molecular weight excluding hydrogens is 260 g/mol. The Bertz CT molecular complexity index is 581. The van der Waals surface area contributed by atoms with Crippen LogP contribution in [0.5, 0.6) is 0 Å². The summed E-state index contributed by atoms with van der Waals surface area (Å²) in [5.41, 5.74) is -2.36. The van der Waals surface area contributed by atoms with E-state index in [-0.39, 0.29) is 5.46 Å². The van der Waals surface area contributed by atoms with Gasteiger partial charge in [-0.25, -0.2) is 0 Å². The number of alkyl halides is 3. The lowest BCUT2D eigenvalue weighted by molar-refractivity contribution is -0.137. The molecule has 0 spiro atoms. The number of halogens is 3. The molecule has 1 aromatic rings. The molecule has 96 valence electrons. The van der Waals surface area contributed by atoms with Crippen LogP contribution in [0.15, 0.2) is 23.8 Å². The van der Waals surface area contributed by atoms with Crippen LogP contribution in [0.2, 0.25) is 0 Å². The number of nitrogens with zero attached hydrogens (tertiary/aromatic N) is 2. The maximum Gasteiger partial charge on any atom is 0.488 e. The number of nitriles is 2. The van der Waals surface area contributed by atoms with E-state index in [2.05, 4.69) is 0 Å². The average molecular weight is 266 g/mol. The van der Waals surface area contributed by atoms with Crippen LogP contribution < -0.4 is 5.46 Å². The summed E-state index contributed by atoms with van der Waals surface area (Å²) in [6.45, 7) is 0. The molecule has 0 aliphatic heterocycles. The second-order valence-corrected chi connectivity index (χ2v) is 3.50. The Morgan fingerprint density at radius 1 is 1.21 bits per heavy atom. The van der Waals surface area contributed by atoms with Gasteiger partial charge in [-0.15, -0.1) is 0 Å². The van der Waals surface area contributed by atoms with Gasteiger partial charge < -0.3 is 10.0 Å². The lowest BCUT2D eigenvalue weighted by Gasteiger charge is -2.12. The van der Waals surface area contributed by atoms with Gasteiger partial charge in [-0.2, -0.15) is 23.7 Å². The summed E-state index contributed by atoms with van der Waals surface area (Å²) in [5.74, 6) is 0. The molecule has 0 saturated carbocycles. The first-order chi connectivity index (χ1) is 8.79. The third-order valence-electron chi connectivity index (χ3n) is 2.22. The van der Waals surface area contributed by atoms with Gasteiger partial charge in [-0.1, -0.05) is 12.1 Å². The molecule has 1 aromatic carbocycles. The van der Waals surface area contributed by atoms with Crippen LogP contribution in [-0.4, -0.2) is 17.2 Å². The molecule has 0 saturated heterocycles. The minimum absolute atomic E-state index is 0.333. The van der Waals surface area contributed by atoms with Gasteiger partial charge in [-0.3, -0.25) is 0 Å². The minimum atomic E-state index is -4.74. The summed E-state index contributed by atoms with van der Waals surface area (Å²) in [6, 6.07) is 5.49. The van der Waals surface area contributed by atoms with Crippen LogP contribution >= 0.6 is 0 Å². The zero-order chi connectivity index (χ0) is 14.6. The SMILES string of the molecule is N#CC(C#N)=Cc1ccc(B(O)O)cc1C(F)(F)F. The first-order valence-electron chi connectivity index (χ1n) is 4.88. The molecule has 4 nitrogen and oxygen atoms in total. The van der Waals surface area contributed by atoms with Crippen molar-refractivity contribution in [3.8, 4) is 12.1 Å². The quantitative estimate of drug-likeness (QED) is 0.612. The van der Waals surface area contributed by atoms with Crippen molar-refractivity contribution < 1.29 is 23.2 Å². The lowest BCUT2D eigenvalue weighted by Crippen LogP contribution is -2.31. The molecule has 0 aromatic heterocycles. The van der Waals surface area contributed by atoms with Gasteiger partial charge in [0.25, 0.3) is 0 Å². The van der Waals surface area contributed by atoms with Gasteiger partial charge >= 0.3 is 13.3 Å². The smallest absolute Gasteiger partial charge is 0.423 e. The van der Waals surface area contributed by atoms with Crippen LogP contribution in [-0.2, 0) is 6.18 Å². The Balaban J connectivity index is 3.47. The molecule has 0 aliphatic rings. The fraction of sp³-hybridized carbons (Fsp3) is 0.0909. The highest BCUT2D eigenvalue weighted by molar-refractivity contribution is 6.58. The van der Waals surface area contributed by atoms with E-state index in [0.717, 1.165) is 18.2 Å². The fourth-order valence-electron chi connectivity index (χ4n) is 1.35. The van der Waals surface area contributed by atoms with Crippen LogP contribution in [0.4, 0.5) is 13.2 Å². The summed E-state index contributed by atoms with van der Waals surface area (Å²) >= 11 is 0. The number of rotatable bonds is 2. The lowest BCUT2D eigenvalue weighted by atomic mass is 9.78. The van der Waals surface area contributed by atoms with E-state index in [1.807, 2.05) is 0 Å². The maximum absolute atomic E-state index is 12.8. The summed E-state index contributed by atoms with van der Waals surface area (Å²) in [6.07, 6.45) is -3.96. The van der Waals surface area contributed by atoms with Gasteiger partial charge in [0.15, 0.2) is 0 Å². The second-order valence-electron chi connectivity index (χ2n) is 3.50. The van der Waals surface area contributed by atoms with Gasteiger partial charge in [0, 0.05) is 0 Å². The zero-order valence-electron chi connectivity index (χ0n) is 9.31. The van der Waals surface area contributed by atoms with Crippen LogP contribution in [0, 0.1) is 22.7 Å². The second kappa shape index (κ2) is 5.57. The van der Waals surface area contributed by atoms with Crippen molar-refractivity contribution in [3.05, 3.63) is 34.9 Å². The Hall–Kier alpha value is -2.29.